The van der Waals surface area contributed by atoms with Crippen LogP contribution in [0.3, 0.4) is 0 Å². The molecule has 232 valence electrons. The molecular formula is C45H28N4Si. The van der Waals surface area contributed by atoms with Gasteiger partial charge in [-0.05, 0) is 68.8 Å². The molecule has 0 amide bonds. The molecule has 8 rings (SSSR count). The zero-order valence-electron chi connectivity index (χ0n) is 27.0. The van der Waals surface area contributed by atoms with E-state index in [0.717, 1.165) is 59.4 Å². The van der Waals surface area contributed by atoms with E-state index in [-0.39, 0.29) is 0 Å². The van der Waals surface area contributed by atoms with E-state index < -0.39 is 8.07 Å². The van der Waals surface area contributed by atoms with Crippen LogP contribution < -0.4 is 20.7 Å². The Morgan fingerprint density at radius 1 is 0.420 bits per heavy atom. The molecule has 0 fully saturated rings. The molecule has 4 nitrogen and oxygen atoms in total. The smallest absolute Gasteiger partial charge is 0.181 e. The minimum Gasteiger partial charge on any atom is -0.309 e. The van der Waals surface area contributed by atoms with E-state index in [1.54, 1.807) is 0 Å². The molecule has 7 aromatic carbocycles. The third kappa shape index (κ3) is 4.72. The molecule has 0 saturated heterocycles. The summed E-state index contributed by atoms with van der Waals surface area (Å²) in [7, 11) is -3.18. The molecule has 0 unspecified atom stereocenters. The number of hydrogen-bond acceptors (Lipinski definition) is 3. The Morgan fingerprint density at radius 3 is 1.56 bits per heavy atom. The Balaban J connectivity index is 1.56. The van der Waals surface area contributed by atoms with E-state index in [1.165, 1.54) is 0 Å². The van der Waals surface area contributed by atoms with Crippen molar-refractivity contribution < 1.29 is 0 Å². The lowest BCUT2D eigenvalue weighted by Gasteiger charge is -2.37. The monoisotopic (exact) mass is 652 g/mol. The molecule has 0 aliphatic heterocycles. The molecule has 0 aliphatic carbocycles. The van der Waals surface area contributed by atoms with Crippen LogP contribution in [-0.4, -0.2) is 12.6 Å². The number of benzene rings is 7. The average Bonchev–Trinajstić information content (AvgIpc) is 3.52. The van der Waals surface area contributed by atoms with Crippen molar-refractivity contribution in [2.75, 3.05) is 0 Å². The Hall–Kier alpha value is -6.97. The minimum absolute atomic E-state index is 0.527. The highest BCUT2D eigenvalue weighted by Gasteiger charge is 2.45. The first-order valence-electron chi connectivity index (χ1n) is 16.4. The summed E-state index contributed by atoms with van der Waals surface area (Å²) >= 11 is 0. The second-order valence-electron chi connectivity index (χ2n) is 12.2. The van der Waals surface area contributed by atoms with E-state index in [9.17, 15) is 15.8 Å². The number of nitrogens with zero attached hydrogens (tertiary/aromatic N) is 4. The molecule has 1 aromatic heterocycles. The van der Waals surface area contributed by atoms with Gasteiger partial charge in [-0.15, -0.1) is 0 Å². The first kappa shape index (κ1) is 30.4. The predicted molar refractivity (Wildman–Crippen MR) is 204 cm³/mol. The second kappa shape index (κ2) is 12.6. The fourth-order valence-electron chi connectivity index (χ4n) is 7.59. The van der Waals surface area contributed by atoms with Crippen molar-refractivity contribution in [2.24, 2.45) is 0 Å². The van der Waals surface area contributed by atoms with Crippen LogP contribution in [0.5, 0.6) is 0 Å². The van der Waals surface area contributed by atoms with Gasteiger partial charge in [-0.3, -0.25) is 0 Å². The number of para-hydroxylation sites is 1. The van der Waals surface area contributed by atoms with Crippen LogP contribution in [0.1, 0.15) is 16.7 Å². The zero-order chi connectivity index (χ0) is 34.1. The summed E-state index contributed by atoms with van der Waals surface area (Å²) < 4.78 is 2.20. The summed E-state index contributed by atoms with van der Waals surface area (Å²) in [6.07, 6.45) is 0. The van der Waals surface area contributed by atoms with Gasteiger partial charge in [0.2, 0.25) is 0 Å². The lowest BCUT2D eigenvalue weighted by molar-refractivity contribution is 1.18. The van der Waals surface area contributed by atoms with Crippen LogP contribution in [0.4, 0.5) is 0 Å². The van der Waals surface area contributed by atoms with Gasteiger partial charge >= 0.3 is 0 Å². The van der Waals surface area contributed by atoms with Crippen molar-refractivity contribution in [1.29, 1.82) is 15.8 Å². The number of nitriles is 3. The van der Waals surface area contributed by atoms with Gasteiger partial charge in [0.25, 0.3) is 0 Å². The highest BCUT2D eigenvalue weighted by molar-refractivity contribution is 7.20. The zero-order valence-corrected chi connectivity index (χ0v) is 28.0. The highest BCUT2D eigenvalue weighted by atomic mass is 28.3. The normalized spacial score (nSPS) is 11.1. The maximum absolute atomic E-state index is 11.0. The summed E-state index contributed by atoms with van der Waals surface area (Å²) in [5.74, 6) is 0. The van der Waals surface area contributed by atoms with E-state index in [1.807, 2.05) is 78.9 Å². The van der Waals surface area contributed by atoms with Crippen LogP contribution in [0.15, 0.2) is 170 Å². The quantitative estimate of drug-likeness (QED) is 0.138. The standard InChI is InChI=1S/C45H28N4Si/c46-29-32-24-26-43-41(27-32)38-20-10-11-22-42(38)49(43)44-28-33(30-47)23-25-39(44)40-21-12-13-34(31-48)45(40)50(35-14-4-1-5-15-35,36-16-6-2-7-17-36)37-18-8-3-9-19-37/h1-28H. The van der Waals surface area contributed by atoms with Gasteiger partial charge in [0.05, 0.1) is 51.6 Å². The van der Waals surface area contributed by atoms with Gasteiger partial charge in [0.15, 0.2) is 8.07 Å². The van der Waals surface area contributed by atoms with Crippen molar-refractivity contribution in [3.63, 3.8) is 0 Å². The van der Waals surface area contributed by atoms with Crippen LogP contribution in [0, 0.1) is 34.0 Å². The predicted octanol–water partition coefficient (Wildman–Crippen LogP) is 7.44. The van der Waals surface area contributed by atoms with Gasteiger partial charge in [0, 0.05) is 16.3 Å². The molecular weight excluding hydrogens is 625 g/mol. The molecule has 0 saturated carbocycles. The lowest BCUT2D eigenvalue weighted by atomic mass is 9.99. The lowest BCUT2D eigenvalue weighted by Crippen LogP contribution is -2.75. The Morgan fingerprint density at radius 2 is 0.960 bits per heavy atom. The van der Waals surface area contributed by atoms with E-state index in [4.69, 9.17) is 0 Å². The average molecular weight is 653 g/mol. The summed E-state index contributed by atoms with van der Waals surface area (Å²) in [5, 5.41) is 37.4. The summed E-state index contributed by atoms with van der Waals surface area (Å²) in [4.78, 5) is 0. The number of hydrogen-bond donors (Lipinski definition) is 0. The van der Waals surface area contributed by atoms with Crippen LogP contribution in [0.25, 0.3) is 38.6 Å². The SMILES string of the molecule is N#Cc1ccc(-c2cccc(C#N)c2[Si](c2ccccc2)(c2ccccc2)c2ccccc2)c(-n2c3ccccc3c3cc(C#N)ccc32)c1. The molecule has 0 N–H and O–H groups in total. The van der Waals surface area contributed by atoms with Gasteiger partial charge in [-0.2, -0.15) is 15.8 Å². The van der Waals surface area contributed by atoms with Crippen molar-refractivity contribution >= 4 is 50.6 Å². The topological polar surface area (TPSA) is 76.3 Å². The number of fused-ring (bicyclic) bond motifs is 3. The molecule has 0 spiro atoms. The Bertz CT molecular complexity index is 2580. The number of aromatic nitrogens is 1. The fraction of sp³-hybridized carbons (Fsp3) is 0. The molecule has 0 bridgehead atoms. The largest absolute Gasteiger partial charge is 0.309 e. The first-order chi connectivity index (χ1) is 24.7. The van der Waals surface area contributed by atoms with E-state index >= 15 is 0 Å². The highest BCUT2D eigenvalue weighted by Crippen LogP contribution is 2.37. The van der Waals surface area contributed by atoms with Gasteiger partial charge in [-0.25, -0.2) is 0 Å². The molecule has 1 heterocycles. The third-order valence-electron chi connectivity index (χ3n) is 9.64. The maximum Gasteiger partial charge on any atom is 0.181 e. The molecule has 0 atom stereocenters. The van der Waals surface area contributed by atoms with Gasteiger partial charge in [0.1, 0.15) is 0 Å². The molecule has 50 heavy (non-hydrogen) atoms. The van der Waals surface area contributed by atoms with Crippen molar-refractivity contribution in [3.05, 3.63) is 187 Å². The first-order valence-corrected chi connectivity index (χ1v) is 18.4. The van der Waals surface area contributed by atoms with Gasteiger partial charge < -0.3 is 4.57 Å². The summed E-state index contributed by atoms with van der Waals surface area (Å²) in [6, 6.07) is 64.8. The Kier molecular flexibility index (Phi) is 7.63. The molecule has 0 radical (unpaired) electrons. The third-order valence-corrected chi connectivity index (χ3v) is 14.5. The van der Waals surface area contributed by atoms with Gasteiger partial charge in [-0.1, -0.05) is 127 Å². The summed E-state index contributed by atoms with van der Waals surface area (Å²) in [6.45, 7) is 0. The van der Waals surface area contributed by atoms with Crippen LogP contribution in [0.2, 0.25) is 0 Å². The fourth-order valence-corrected chi connectivity index (χ4v) is 12.7. The maximum atomic E-state index is 11.0. The minimum atomic E-state index is -3.18. The molecule has 5 heteroatoms. The van der Waals surface area contributed by atoms with Crippen LogP contribution in [-0.2, 0) is 0 Å². The van der Waals surface area contributed by atoms with Crippen molar-refractivity contribution in [1.82, 2.24) is 4.57 Å². The van der Waals surface area contributed by atoms with E-state index in [0.29, 0.717) is 16.7 Å². The second-order valence-corrected chi connectivity index (χ2v) is 16.0. The van der Waals surface area contributed by atoms with Crippen molar-refractivity contribution in [2.45, 2.75) is 0 Å². The van der Waals surface area contributed by atoms with Crippen molar-refractivity contribution in [3.8, 4) is 35.0 Å². The molecule has 0 aliphatic rings. The molecule has 8 aromatic rings. The summed E-state index contributed by atoms with van der Waals surface area (Å²) in [5.41, 5.74) is 6.28. The van der Waals surface area contributed by atoms with E-state index in [2.05, 4.69) is 114 Å². The van der Waals surface area contributed by atoms with Crippen LogP contribution >= 0.6 is 0 Å². The number of rotatable bonds is 6. The Labute approximate surface area is 291 Å².